The third kappa shape index (κ3) is 4.04. The van der Waals surface area contributed by atoms with Crippen molar-refractivity contribution in [2.75, 3.05) is 36.5 Å². The second-order valence-electron chi connectivity index (χ2n) is 5.98. The molecule has 1 aliphatic heterocycles. The number of primary amides is 1. The van der Waals surface area contributed by atoms with Crippen molar-refractivity contribution < 1.29 is 9.53 Å². The molecule has 0 bridgehead atoms. The van der Waals surface area contributed by atoms with Crippen LogP contribution in [0.15, 0.2) is 43.0 Å². The van der Waals surface area contributed by atoms with E-state index in [2.05, 4.69) is 25.2 Å². The van der Waals surface area contributed by atoms with Gasteiger partial charge in [0.05, 0.1) is 23.7 Å². The minimum atomic E-state index is -0.503. The van der Waals surface area contributed by atoms with Gasteiger partial charge >= 0.3 is 0 Å². The van der Waals surface area contributed by atoms with Crippen LogP contribution < -0.4 is 16.0 Å². The van der Waals surface area contributed by atoms with Crippen LogP contribution in [0.3, 0.4) is 0 Å². The molecule has 27 heavy (non-hydrogen) atoms. The van der Waals surface area contributed by atoms with Crippen molar-refractivity contribution in [3.8, 4) is 10.4 Å². The Hall–Kier alpha value is -3.04. The number of amides is 1. The van der Waals surface area contributed by atoms with Gasteiger partial charge in [-0.1, -0.05) is 11.3 Å². The summed E-state index contributed by atoms with van der Waals surface area (Å²) in [5.74, 6) is 0.222. The zero-order valence-corrected chi connectivity index (χ0v) is 15.3. The summed E-state index contributed by atoms with van der Waals surface area (Å²) in [7, 11) is 0. The van der Waals surface area contributed by atoms with Gasteiger partial charge in [0.15, 0.2) is 5.13 Å². The number of thiazole rings is 1. The summed E-state index contributed by atoms with van der Waals surface area (Å²) in [6, 6.07) is 5.70. The van der Waals surface area contributed by atoms with E-state index in [1.165, 1.54) is 17.5 Å². The van der Waals surface area contributed by atoms with Gasteiger partial charge in [-0.2, -0.15) is 0 Å². The van der Waals surface area contributed by atoms with E-state index in [-0.39, 0.29) is 0 Å². The van der Waals surface area contributed by atoms with Crippen molar-refractivity contribution >= 4 is 33.9 Å². The zero-order valence-electron chi connectivity index (χ0n) is 14.5. The number of ether oxygens (including phenoxy) is 1. The van der Waals surface area contributed by atoms with E-state index in [0.717, 1.165) is 48.2 Å². The molecule has 0 spiro atoms. The standard InChI is InChI=1S/C18H18N6O2S/c19-17(25)13-7-12(9-20-10-13)15-11-22-18(27-15)23-16-8-14(1-2-21-16)24-3-5-26-6-4-24/h1-2,7-11H,3-6H2,(H2,19,25)(H,21,22,23). The first-order valence-electron chi connectivity index (χ1n) is 8.46. The van der Waals surface area contributed by atoms with Gasteiger partial charge in [-0.3, -0.25) is 9.78 Å². The van der Waals surface area contributed by atoms with Crippen LogP contribution in [0.1, 0.15) is 10.4 Å². The number of carbonyl (C=O) groups is 1. The highest BCUT2D eigenvalue weighted by Gasteiger charge is 2.13. The van der Waals surface area contributed by atoms with Crippen molar-refractivity contribution in [3.05, 3.63) is 48.5 Å². The monoisotopic (exact) mass is 382 g/mol. The largest absolute Gasteiger partial charge is 0.378 e. The molecule has 1 amide bonds. The minimum absolute atomic E-state index is 0.371. The summed E-state index contributed by atoms with van der Waals surface area (Å²) in [6.45, 7) is 3.21. The predicted molar refractivity (Wildman–Crippen MR) is 104 cm³/mol. The number of nitrogens with one attached hydrogen (secondary N) is 1. The van der Waals surface area contributed by atoms with Gasteiger partial charge in [0.25, 0.3) is 0 Å². The maximum atomic E-state index is 11.3. The van der Waals surface area contributed by atoms with Gasteiger partial charge in [0.2, 0.25) is 5.91 Å². The summed E-state index contributed by atoms with van der Waals surface area (Å²) in [5, 5.41) is 3.95. The second-order valence-corrected chi connectivity index (χ2v) is 7.01. The SMILES string of the molecule is NC(=O)c1cncc(-c2cnc(Nc3cc(N4CCOCC4)ccn3)s2)c1. The number of anilines is 3. The van der Waals surface area contributed by atoms with Gasteiger partial charge in [0, 0.05) is 55.2 Å². The number of hydrogen-bond acceptors (Lipinski definition) is 8. The third-order valence-electron chi connectivity index (χ3n) is 4.17. The maximum Gasteiger partial charge on any atom is 0.250 e. The Kier molecular flexibility index (Phi) is 4.95. The number of nitrogens with two attached hydrogens (primary N) is 1. The van der Waals surface area contributed by atoms with E-state index in [1.54, 1.807) is 24.7 Å². The number of nitrogens with zero attached hydrogens (tertiary/aromatic N) is 4. The fourth-order valence-corrected chi connectivity index (χ4v) is 3.59. The van der Waals surface area contributed by atoms with Crippen molar-refractivity contribution in [2.45, 2.75) is 0 Å². The lowest BCUT2D eigenvalue weighted by Crippen LogP contribution is -2.36. The number of hydrogen-bond donors (Lipinski definition) is 2. The predicted octanol–water partition coefficient (Wildman–Crippen LogP) is 2.28. The van der Waals surface area contributed by atoms with E-state index in [0.29, 0.717) is 10.7 Å². The van der Waals surface area contributed by atoms with E-state index in [1.807, 2.05) is 12.1 Å². The third-order valence-corrected chi connectivity index (χ3v) is 5.13. The normalized spacial score (nSPS) is 14.1. The molecule has 0 aliphatic carbocycles. The second kappa shape index (κ2) is 7.68. The molecule has 0 saturated carbocycles. The van der Waals surface area contributed by atoms with Gasteiger partial charge in [-0.15, -0.1) is 0 Å². The quantitative estimate of drug-likeness (QED) is 0.697. The first-order valence-corrected chi connectivity index (χ1v) is 9.27. The minimum Gasteiger partial charge on any atom is -0.378 e. The van der Waals surface area contributed by atoms with Crippen LogP contribution in [0.4, 0.5) is 16.6 Å². The molecule has 3 aromatic heterocycles. The lowest BCUT2D eigenvalue weighted by Gasteiger charge is -2.28. The number of carbonyl (C=O) groups excluding carboxylic acids is 1. The topological polar surface area (TPSA) is 106 Å². The van der Waals surface area contributed by atoms with Crippen LogP contribution in [-0.2, 0) is 4.74 Å². The number of pyridine rings is 2. The molecule has 3 aromatic rings. The van der Waals surface area contributed by atoms with Crippen molar-refractivity contribution in [1.29, 1.82) is 0 Å². The Morgan fingerprint density at radius 1 is 1.19 bits per heavy atom. The smallest absolute Gasteiger partial charge is 0.250 e. The lowest BCUT2D eigenvalue weighted by atomic mass is 10.2. The molecule has 4 rings (SSSR count). The van der Waals surface area contributed by atoms with Gasteiger partial charge in [-0.05, 0) is 12.1 Å². The van der Waals surface area contributed by atoms with Crippen LogP contribution in [0.5, 0.6) is 0 Å². The maximum absolute atomic E-state index is 11.3. The van der Waals surface area contributed by atoms with Crippen LogP contribution >= 0.6 is 11.3 Å². The van der Waals surface area contributed by atoms with Crippen LogP contribution in [0.25, 0.3) is 10.4 Å². The Bertz CT molecular complexity index is 954. The Labute approximate surface area is 160 Å². The van der Waals surface area contributed by atoms with Crippen LogP contribution in [0, 0.1) is 0 Å². The molecule has 0 atom stereocenters. The van der Waals surface area contributed by atoms with Gasteiger partial charge in [0.1, 0.15) is 5.82 Å². The highest BCUT2D eigenvalue weighted by molar-refractivity contribution is 7.18. The fraction of sp³-hybridized carbons (Fsp3) is 0.222. The molecule has 8 nitrogen and oxygen atoms in total. The lowest BCUT2D eigenvalue weighted by molar-refractivity contribution is 0.1000. The fourth-order valence-electron chi connectivity index (χ4n) is 2.79. The van der Waals surface area contributed by atoms with E-state index in [9.17, 15) is 4.79 Å². The first kappa shape index (κ1) is 17.4. The highest BCUT2D eigenvalue weighted by atomic mass is 32.1. The molecular formula is C18H18N6O2S. The molecule has 3 N–H and O–H groups in total. The molecule has 1 saturated heterocycles. The molecule has 9 heteroatoms. The first-order chi connectivity index (χ1) is 13.2. The average molecular weight is 382 g/mol. The Morgan fingerprint density at radius 3 is 2.85 bits per heavy atom. The molecule has 0 radical (unpaired) electrons. The Morgan fingerprint density at radius 2 is 2.04 bits per heavy atom. The Balaban J connectivity index is 1.51. The number of morpholine rings is 1. The molecule has 0 unspecified atom stereocenters. The van der Waals surface area contributed by atoms with E-state index in [4.69, 9.17) is 10.5 Å². The van der Waals surface area contributed by atoms with Gasteiger partial charge < -0.3 is 20.7 Å². The molecule has 0 aromatic carbocycles. The van der Waals surface area contributed by atoms with Crippen LogP contribution in [-0.4, -0.2) is 47.2 Å². The molecule has 1 fully saturated rings. The number of rotatable bonds is 5. The van der Waals surface area contributed by atoms with Crippen molar-refractivity contribution in [3.63, 3.8) is 0 Å². The highest BCUT2D eigenvalue weighted by Crippen LogP contribution is 2.31. The van der Waals surface area contributed by atoms with E-state index >= 15 is 0 Å². The summed E-state index contributed by atoms with van der Waals surface area (Å²) < 4.78 is 5.40. The molecule has 138 valence electrons. The molecular weight excluding hydrogens is 364 g/mol. The van der Waals surface area contributed by atoms with Gasteiger partial charge in [-0.25, -0.2) is 9.97 Å². The van der Waals surface area contributed by atoms with Crippen molar-refractivity contribution in [1.82, 2.24) is 15.0 Å². The average Bonchev–Trinajstić information content (AvgIpc) is 3.17. The summed E-state index contributed by atoms with van der Waals surface area (Å²) in [5.41, 5.74) is 7.59. The number of aromatic nitrogens is 3. The van der Waals surface area contributed by atoms with Crippen LogP contribution in [0.2, 0.25) is 0 Å². The molecule has 1 aliphatic rings. The summed E-state index contributed by atoms with van der Waals surface area (Å²) >= 11 is 1.45. The van der Waals surface area contributed by atoms with Crippen molar-refractivity contribution in [2.24, 2.45) is 5.73 Å². The summed E-state index contributed by atoms with van der Waals surface area (Å²) in [6.07, 6.45) is 6.65. The summed E-state index contributed by atoms with van der Waals surface area (Å²) in [4.78, 5) is 27.3. The zero-order chi connectivity index (χ0) is 18.6. The van der Waals surface area contributed by atoms with E-state index < -0.39 is 5.91 Å². The molecule has 4 heterocycles.